The number of para-hydroxylation sites is 1. The number of halogens is 2. The van der Waals surface area contributed by atoms with Gasteiger partial charge in [0.2, 0.25) is 5.91 Å². The summed E-state index contributed by atoms with van der Waals surface area (Å²) in [6.45, 7) is 2.82. The van der Waals surface area contributed by atoms with Crippen molar-refractivity contribution in [1.82, 2.24) is 0 Å². The molecular formula is C18H18Cl2N2O2. The number of nitrogens with zero attached hydrogens (tertiary/aromatic N) is 1. The molecule has 4 nitrogen and oxygen atoms in total. The lowest BCUT2D eigenvalue weighted by Crippen LogP contribution is -2.37. The molecule has 0 aromatic heterocycles. The minimum absolute atomic E-state index is 0.0888. The second-order valence-electron chi connectivity index (χ2n) is 5.59. The molecule has 24 heavy (non-hydrogen) atoms. The fraction of sp³-hybridized carbons (Fsp3) is 0.278. The van der Waals surface area contributed by atoms with E-state index in [-0.39, 0.29) is 12.3 Å². The van der Waals surface area contributed by atoms with Gasteiger partial charge in [0.25, 0.3) is 0 Å². The maximum Gasteiger partial charge on any atom is 0.228 e. The molecule has 3 rings (SSSR count). The van der Waals surface area contributed by atoms with E-state index in [0.717, 1.165) is 30.0 Å². The molecule has 0 bridgehead atoms. The first-order valence-electron chi connectivity index (χ1n) is 7.79. The molecule has 1 amide bonds. The molecule has 1 aliphatic rings. The van der Waals surface area contributed by atoms with Crippen molar-refractivity contribution in [1.29, 1.82) is 0 Å². The Kier molecular flexibility index (Phi) is 5.61. The van der Waals surface area contributed by atoms with Gasteiger partial charge in [-0.15, -0.1) is 0 Å². The number of carbonyl (C=O) groups excluding carboxylic acids is 1. The zero-order chi connectivity index (χ0) is 16.9. The predicted octanol–water partition coefficient (Wildman–Crippen LogP) is 4.01. The summed E-state index contributed by atoms with van der Waals surface area (Å²) in [7, 11) is 0. The molecule has 6 heteroatoms. The third-order valence-electron chi connectivity index (χ3n) is 3.87. The lowest BCUT2D eigenvalue weighted by Gasteiger charge is -2.31. The summed E-state index contributed by atoms with van der Waals surface area (Å²) >= 11 is 12.2. The molecule has 2 aromatic rings. The molecule has 1 saturated heterocycles. The van der Waals surface area contributed by atoms with Crippen LogP contribution >= 0.6 is 23.2 Å². The minimum Gasteiger partial charge on any atom is -0.378 e. The number of rotatable bonds is 4. The molecule has 0 atom stereocenters. The van der Waals surface area contributed by atoms with Crippen molar-refractivity contribution in [3.05, 3.63) is 58.1 Å². The first kappa shape index (κ1) is 17.1. The van der Waals surface area contributed by atoms with Crippen LogP contribution in [0.3, 0.4) is 0 Å². The van der Waals surface area contributed by atoms with Crippen molar-refractivity contribution in [2.45, 2.75) is 6.42 Å². The largest absolute Gasteiger partial charge is 0.378 e. The Morgan fingerprint density at radius 2 is 1.79 bits per heavy atom. The SMILES string of the molecule is O=C(Cc1ccc(Cl)cc1)Nc1cccc(Cl)c1N1CCOCC1. The van der Waals surface area contributed by atoms with E-state index in [1.807, 2.05) is 30.3 Å². The van der Waals surface area contributed by atoms with E-state index in [1.165, 1.54) is 0 Å². The second kappa shape index (κ2) is 7.88. The van der Waals surface area contributed by atoms with Gasteiger partial charge in [0, 0.05) is 18.1 Å². The molecule has 0 unspecified atom stereocenters. The van der Waals surface area contributed by atoms with Crippen LogP contribution in [0.2, 0.25) is 10.0 Å². The van der Waals surface area contributed by atoms with E-state index in [9.17, 15) is 4.79 Å². The molecule has 1 fully saturated rings. The van der Waals surface area contributed by atoms with Crippen LogP contribution in [0.4, 0.5) is 11.4 Å². The minimum atomic E-state index is -0.0888. The van der Waals surface area contributed by atoms with Crippen LogP contribution < -0.4 is 10.2 Å². The van der Waals surface area contributed by atoms with Gasteiger partial charge in [-0.25, -0.2) is 0 Å². The fourth-order valence-electron chi connectivity index (χ4n) is 2.71. The van der Waals surface area contributed by atoms with Gasteiger partial charge in [-0.05, 0) is 29.8 Å². The lowest BCUT2D eigenvalue weighted by molar-refractivity contribution is -0.115. The van der Waals surface area contributed by atoms with Crippen molar-refractivity contribution in [2.75, 3.05) is 36.5 Å². The number of benzene rings is 2. The average Bonchev–Trinajstić information content (AvgIpc) is 2.58. The Balaban J connectivity index is 1.75. The number of carbonyl (C=O) groups is 1. The van der Waals surface area contributed by atoms with Crippen LogP contribution in [-0.4, -0.2) is 32.2 Å². The monoisotopic (exact) mass is 364 g/mol. The van der Waals surface area contributed by atoms with Gasteiger partial charge in [0.15, 0.2) is 0 Å². The number of morpholine rings is 1. The van der Waals surface area contributed by atoms with Gasteiger partial charge in [0.05, 0.1) is 36.0 Å². The Bertz CT molecular complexity index is 713. The number of anilines is 2. The summed E-state index contributed by atoms with van der Waals surface area (Å²) < 4.78 is 5.39. The zero-order valence-electron chi connectivity index (χ0n) is 13.1. The van der Waals surface area contributed by atoms with Gasteiger partial charge in [-0.1, -0.05) is 41.4 Å². The third kappa shape index (κ3) is 4.20. The summed E-state index contributed by atoms with van der Waals surface area (Å²) in [6.07, 6.45) is 0.284. The summed E-state index contributed by atoms with van der Waals surface area (Å²) in [5.74, 6) is -0.0888. The van der Waals surface area contributed by atoms with E-state index in [4.69, 9.17) is 27.9 Å². The van der Waals surface area contributed by atoms with Gasteiger partial charge >= 0.3 is 0 Å². The molecular weight excluding hydrogens is 347 g/mol. The summed E-state index contributed by atoms with van der Waals surface area (Å²) in [5.41, 5.74) is 2.49. The van der Waals surface area contributed by atoms with Crippen molar-refractivity contribution >= 4 is 40.5 Å². The Morgan fingerprint density at radius 3 is 2.50 bits per heavy atom. The number of hydrogen-bond donors (Lipinski definition) is 1. The molecule has 1 heterocycles. The maximum atomic E-state index is 12.4. The Labute approximate surface area is 151 Å². The first-order valence-corrected chi connectivity index (χ1v) is 8.54. The van der Waals surface area contributed by atoms with Crippen LogP contribution in [-0.2, 0) is 16.0 Å². The van der Waals surface area contributed by atoms with E-state index in [2.05, 4.69) is 10.2 Å². The molecule has 126 valence electrons. The van der Waals surface area contributed by atoms with E-state index >= 15 is 0 Å². The quantitative estimate of drug-likeness (QED) is 0.890. The second-order valence-corrected chi connectivity index (χ2v) is 6.43. The van der Waals surface area contributed by atoms with Gasteiger partial charge < -0.3 is 15.0 Å². The van der Waals surface area contributed by atoms with Gasteiger partial charge in [0.1, 0.15) is 0 Å². The molecule has 0 spiro atoms. The summed E-state index contributed by atoms with van der Waals surface area (Å²) in [5, 5.41) is 4.26. The van der Waals surface area contributed by atoms with Crippen molar-refractivity contribution in [2.24, 2.45) is 0 Å². The van der Waals surface area contributed by atoms with E-state index in [0.29, 0.717) is 23.3 Å². The average molecular weight is 365 g/mol. The van der Waals surface area contributed by atoms with Gasteiger partial charge in [-0.3, -0.25) is 4.79 Å². The highest BCUT2D eigenvalue weighted by molar-refractivity contribution is 6.34. The molecule has 1 aliphatic heterocycles. The van der Waals surface area contributed by atoms with Crippen LogP contribution in [0.1, 0.15) is 5.56 Å². The summed E-state index contributed by atoms with van der Waals surface area (Å²) in [6, 6.07) is 12.8. The van der Waals surface area contributed by atoms with Gasteiger partial charge in [-0.2, -0.15) is 0 Å². The van der Waals surface area contributed by atoms with E-state index in [1.54, 1.807) is 12.1 Å². The standard InChI is InChI=1S/C18H18Cl2N2O2/c19-14-6-4-13(5-7-14)12-17(23)21-16-3-1-2-15(20)18(16)22-8-10-24-11-9-22/h1-7H,8-12H2,(H,21,23). The Morgan fingerprint density at radius 1 is 1.08 bits per heavy atom. The highest BCUT2D eigenvalue weighted by atomic mass is 35.5. The lowest BCUT2D eigenvalue weighted by atomic mass is 10.1. The predicted molar refractivity (Wildman–Crippen MR) is 98.3 cm³/mol. The number of amides is 1. The van der Waals surface area contributed by atoms with Crippen LogP contribution in [0.15, 0.2) is 42.5 Å². The van der Waals surface area contributed by atoms with Crippen molar-refractivity contribution in [3.8, 4) is 0 Å². The first-order chi connectivity index (χ1) is 11.6. The zero-order valence-corrected chi connectivity index (χ0v) is 14.6. The fourth-order valence-corrected chi connectivity index (χ4v) is 3.13. The molecule has 0 radical (unpaired) electrons. The maximum absolute atomic E-state index is 12.4. The smallest absolute Gasteiger partial charge is 0.228 e. The molecule has 0 saturated carbocycles. The van der Waals surface area contributed by atoms with Crippen LogP contribution in [0.25, 0.3) is 0 Å². The topological polar surface area (TPSA) is 41.6 Å². The highest BCUT2D eigenvalue weighted by Gasteiger charge is 2.19. The van der Waals surface area contributed by atoms with E-state index < -0.39 is 0 Å². The van der Waals surface area contributed by atoms with Crippen LogP contribution in [0.5, 0.6) is 0 Å². The number of nitrogens with one attached hydrogen (secondary N) is 1. The van der Waals surface area contributed by atoms with Crippen molar-refractivity contribution < 1.29 is 9.53 Å². The molecule has 2 aromatic carbocycles. The summed E-state index contributed by atoms with van der Waals surface area (Å²) in [4.78, 5) is 14.5. The Hall–Kier alpha value is -1.75. The van der Waals surface area contributed by atoms with Crippen molar-refractivity contribution in [3.63, 3.8) is 0 Å². The van der Waals surface area contributed by atoms with Crippen LogP contribution in [0, 0.1) is 0 Å². The molecule has 1 N–H and O–H groups in total. The normalized spacial score (nSPS) is 14.5. The number of hydrogen-bond acceptors (Lipinski definition) is 3. The number of ether oxygens (including phenoxy) is 1. The third-order valence-corrected chi connectivity index (χ3v) is 4.42. The highest BCUT2D eigenvalue weighted by Crippen LogP contribution is 2.34. The molecule has 0 aliphatic carbocycles.